The van der Waals surface area contributed by atoms with Crippen molar-refractivity contribution in [3.05, 3.63) is 113 Å². The molecule has 0 N–H and O–H groups in total. The Morgan fingerprint density at radius 3 is 1.92 bits per heavy atom. The van der Waals surface area contributed by atoms with E-state index >= 15 is 0 Å². The number of nitrogens with zero attached hydrogens (tertiary/aromatic N) is 1. The smallest absolute Gasteiger partial charge is 0.0760 e. The van der Waals surface area contributed by atoms with Gasteiger partial charge in [0.2, 0.25) is 0 Å². The largest absolute Gasteiger partial charge is 0.353 e. The molecule has 3 aromatic carbocycles. The summed E-state index contributed by atoms with van der Waals surface area (Å²) in [6, 6.07) is 30.6. The molecule has 25 heavy (non-hydrogen) atoms. The van der Waals surface area contributed by atoms with Crippen molar-refractivity contribution in [3.63, 3.8) is 0 Å². The van der Waals surface area contributed by atoms with E-state index < -0.39 is 0 Å². The molecule has 1 aliphatic rings. The van der Waals surface area contributed by atoms with Crippen LogP contribution in [0.15, 0.2) is 102 Å². The van der Waals surface area contributed by atoms with Gasteiger partial charge >= 0.3 is 0 Å². The van der Waals surface area contributed by atoms with Crippen LogP contribution < -0.4 is 4.90 Å². The summed E-state index contributed by atoms with van der Waals surface area (Å²) in [4.78, 5) is 2.51. The zero-order valence-electron chi connectivity index (χ0n) is 14.0. The highest BCUT2D eigenvalue weighted by Gasteiger charge is 2.37. The molecule has 0 saturated carbocycles. The summed E-state index contributed by atoms with van der Waals surface area (Å²) >= 11 is 3.55. The molecule has 2 atom stereocenters. The second-order valence-corrected chi connectivity index (χ2v) is 7.40. The van der Waals surface area contributed by atoms with Crippen molar-refractivity contribution in [1.82, 2.24) is 0 Å². The fraction of sp³-hybridized carbons (Fsp3) is 0.130. The van der Waals surface area contributed by atoms with E-state index in [1.807, 2.05) is 0 Å². The highest BCUT2D eigenvalue weighted by atomic mass is 79.9. The minimum absolute atomic E-state index is 0.201. The van der Waals surface area contributed by atoms with Crippen LogP contribution >= 0.6 is 15.9 Å². The number of hydrogen-bond acceptors (Lipinski definition) is 1. The van der Waals surface area contributed by atoms with Crippen LogP contribution in [0.2, 0.25) is 0 Å². The molecular weight excluding hydrogens is 370 g/mol. The highest BCUT2D eigenvalue weighted by molar-refractivity contribution is 9.10. The van der Waals surface area contributed by atoms with Gasteiger partial charge in [-0.15, -0.1) is 0 Å². The number of halogens is 1. The second kappa shape index (κ2) is 6.89. The summed E-state index contributed by atoms with van der Waals surface area (Å²) in [5.74, 6) is 0. The Balaban J connectivity index is 1.83. The summed E-state index contributed by atoms with van der Waals surface area (Å²) in [6.45, 7) is 4.43. The van der Waals surface area contributed by atoms with E-state index in [2.05, 4.69) is 112 Å². The number of anilines is 1. The first kappa shape index (κ1) is 16.2. The average Bonchev–Trinajstić information content (AvgIpc) is 3.01. The average molecular weight is 390 g/mol. The zero-order valence-corrected chi connectivity index (χ0v) is 15.6. The van der Waals surface area contributed by atoms with Gasteiger partial charge in [-0.25, -0.2) is 0 Å². The first-order chi connectivity index (χ1) is 12.2. The molecule has 0 spiro atoms. The first-order valence-corrected chi connectivity index (χ1v) is 9.35. The molecule has 2 heteroatoms. The Morgan fingerprint density at radius 2 is 1.32 bits per heavy atom. The SMILES string of the molecule is C=C1C[C@@H](c2ccccc2)N(c2ccc(Br)cc2)[C@@H]1c1ccccc1. The van der Waals surface area contributed by atoms with Crippen molar-refractivity contribution in [2.24, 2.45) is 0 Å². The topological polar surface area (TPSA) is 3.24 Å². The third-order valence-corrected chi connectivity index (χ3v) is 5.41. The van der Waals surface area contributed by atoms with Crippen molar-refractivity contribution in [3.8, 4) is 0 Å². The van der Waals surface area contributed by atoms with Gasteiger partial charge in [0.1, 0.15) is 0 Å². The van der Waals surface area contributed by atoms with Crippen molar-refractivity contribution in [1.29, 1.82) is 0 Å². The Bertz CT molecular complexity index is 856. The van der Waals surface area contributed by atoms with Gasteiger partial charge in [0.05, 0.1) is 12.1 Å². The first-order valence-electron chi connectivity index (χ1n) is 8.55. The van der Waals surface area contributed by atoms with Gasteiger partial charge in [-0.1, -0.05) is 83.2 Å². The maximum Gasteiger partial charge on any atom is 0.0760 e. The van der Waals surface area contributed by atoms with Crippen LogP contribution in [0, 0.1) is 0 Å². The lowest BCUT2D eigenvalue weighted by Crippen LogP contribution is -2.26. The molecule has 1 heterocycles. The second-order valence-electron chi connectivity index (χ2n) is 6.49. The molecule has 0 unspecified atom stereocenters. The van der Waals surface area contributed by atoms with Crippen molar-refractivity contribution >= 4 is 21.6 Å². The Morgan fingerprint density at radius 1 is 0.760 bits per heavy atom. The van der Waals surface area contributed by atoms with E-state index in [0.717, 1.165) is 10.9 Å². The summed E-state index contributed by atoms with van der Waals surface area (Å²) in [7, 11) is 0. The minimum atomic E-state index is 0.201. The van der Waals surface area contributed by atoms with Gasteiger partial charge in [0, 0.05) is 10.2 Å². The Kier molecular flexibility index (Phi) is 4.46. The van der Waals surface area contributed by atoms with E-state index in [9.17, 15) is 0 Å². The fourth-order valence-corrected chi connectivity index (χ4v) is 4.03. The fourth-order valence-electron chi connectivity index (χ4n) is 3.76. The molecule has 0 bridgehead atoms. The predicted molar refractivity (Wildman–Crippen MR) is 109 cm³/mol. The molecular formula is C23H20BrN. The zero-order chi connectivity index (χ0) is 17.2. The van der Waals surface area contributed by atoms with E-state index in [1.54, 1.807) is 0 Å². The van der Waals surface area contributed by atoms with Gasteiger partial charge in [-0.3, -0.25) is 0 Å². The summed E-state index contributed by atoms with van der Waals surface area (Å²) in [5, 5.41) is 0. The molecule has 1 saturated heterocycles. The Labute approximate surface area is 157 Å². The van der Waals surface area contributed by atoms with E-state index in [-0.39, 0.29) is 6.04 Å². The summed E-state index contributed by atoms with van der Waals surface area (Å²) < 4.78 is 1.10. The van der Waals surface area contributed by atoms with E-state index in [1.165, 1.54) is 22.4 Å². The number of hydrogen-bond donors (Lipinski definition) is 0. The molecule has 0 radical (unpaired) electrons. The number of benzene rings is 3. The van der Waals surface area contributed by atoms with Gasteiger partial charge in [0.25, 0.3) is 0 Å². The lowest BCUT2D eigenvalue weighted by Gasteiger charge is -2.33. The van der Waals surface area contributed by atoms with Crippen molar-refractivity contribution in [2.75, 3.05) is 4.90 Å². The molecule has 1 nitrogen and oxygen atoms in total. The maximum atomic E-state index is 4.43. The van der Waals surface area contributed by atoms with E-state index in [4.69, 9.17) is 0 Å². The molecule has 124 valence electrons. The standard InChI is InChI=1S/C23H20BrN/c1-17-16-22(18-8-4-2-5-9-18)25(21-14-12-20(24)13-15-21)23(17)19-10-6-3-7-11-19/h2-15,22-23H,1,16H2/t22-,23-/m0/s1. The van der Waals surface area contributed by atoms with Gasteiger partial charge in [0.15, 0.2) is 0 Å². The molecule has 1 aliphatic heterocycles. The van der Waals surface area contributed by atoms with Crippen molar-refractivity contribution in [2.45, 2.75) is 18.5 Å². The summed E-state index contributed by atoms with van der Waals surface area (Å²) in [5.41, 5.74) is 5.13. The van der Waals surface area contributed by atoms with E-state index in [0.29, 0.717) is 6.04 Å². The van der Waals surface area contributed by atoms with Crippen LogP contribution in [0.4, 0.5) is 5.69 Å². The maximum absolute atomic E-state index is 4.43. The molecule has 0 amide bonds. The van der Waals surface area contributed by atoms with Gasteiger partial charge in [-0.2, -0.15) is 0 Å². The number of rotatable bonds is 3. The van der Waals surface area contributed by atoms with Crippen LogP contribution in [-0.4, -0.2) is 0 Å². The molecule has 0 aromatic heterocycles. The lowest BCUT2D eigenvalue weighted by molar-refractivity contribution is 0.680. The molecule has 1 fully saturated rings. The predicted octanol–water partition coefficient (Wildman–Crippen LogP) is 6.70. The third-order valence-electron chi connectivity index (χ3n) is 4.88. The van der Waals surface area contributed by atoms with Gasteiger partial charge in [-0.05, 0) is 47.4 Å². The third kappa shape index (κ3) is 3.14. The summed E-state index contributed by atoms with van der Waals surface area (Å²) in [6.07, 6.45) is 0.972. The van der Waals surface area contributed by atoms with Crippen molar-refractivity contribution < 1.29 is 0 Å². The van der Waals surface area contributed by atoms with Crippen LogP contribution in [0.25, 0.3) is 0 Å². The van der Waals surface area contributed by atoms with Crippen LogP contribution in [-0.2, 0) is 0 Å². The molecule has 0 aliphatic carbocycles. The highest BCUT2D eigenvalue weighted by Crippen LogP contribution is 2.49. The Hall–Kier alpha value is -2.32. The van der Waals surface area contributed by atoms with Crippen LogP contribution in [0.3, 0.4) is 0 Å². The quantitative estimate of drug-likeness (QED) is 0.450. The van der Waals surface area contributed by atoms with Crippen LogP contribution in [0.1, 0.15) is 29.6 Å². The molecule has 4 rings (SSSR count). The van der Waals surface area contributed by atoms with Gasteiger partial charge < -0.3 is 4.90 Å². The normalized spacial score (nSPS) is 20.0. The minimum Gasteiger partial charge on any atom is -0.353 e. The van der Waals surface area contributed by atoms with Crippen LogP contribution in [0.5, 0.6) is 0 Å². The molecule has 3 aromatic rings. The lowest BCUT2D eigenvalue weighted by atomic mass is 10.00. The monoisotopic (exact) mass is 389 g/mol.